The van der Waals surface area contributed by atoms with Gasteiger partial charge in [0, 0.05) is 18.7 Å². The molecule has 1 fully saturated rings. The zero-order valence-electron chi connectivity index (χ0n) is 12.2. The van der Waals surface area contributed by atoms with E-state index in [4.69, 9.17) is 11.6 Å². The topological polar surface area (TPSA) is 15.3 Å². The Bertz CT molecular complexity index is 419. The quantitative estimate of drug-likeness (QED) is 0.861. The number of nitrogens with zero attached hydrogens (tertiary/aromatic N) is 1. The van der Waals surface area contributed by atoms with Crippen molar-refractivity contribution in [1.82, 2.24) is 10.2 Å². The Labute approximate surface area is 126 Å². The number of nitrogens with one attached hydrogen (secondary N) is 1. The van der Waals surface area contributed by atoms with Crippen LogP contribution in [0, 0.1) is 11.7 Å². The molecule has 20 heavy (non-hydrogen) atoms. The van der Waals surface area contributed by atoms with Crippen LogP contribution in [-0.2, 0) is 6.54 Å². The van der Waals surface area contributed by atoms with E-state index in [0.29, 0.717) is 18.0 Å². The fraction of sp³-hybridized carbons (Fsp3) is 0.625. The van der Waals surface area contributed by atoms with Gasteiger partial charge in [0.05, 0.1) is 5.02 Å². The van der Waals surface area contributed by atoms with Crippen molar-refractivity contribution >= 4 is 11.6 Å². The van der Waals surface area contributed by atoms with Crippen LogP contribution in [0.4, 0.5) is 4.39 Å². The van der Waals surface area contributed by atoms with Crippen LogP contribution >= 0.6 is 11.6 Å². The van der Waals surface area contributed by atoms with E-state index < -0.39 is 0 Å². The highest BCUT2D eigenvalue weighted by Crippen LogP contribution is 2.20. The lowest BCUT2D eigenvalue weighted by Gasteiger charge is -2.30. The molecule has 0 saturated carbocycles. The summed E-state index contributed by atoms with van der Waals surface area (Å²) in [6, 6.07) is 5.27. The molecular weight excluding hydrogens is 275 g/mol. The highest BCUT2D eigenvalue weighted by Gasteiger charge is 2.18. The van der Waals surface area contributed by atoms with E-state index in [2.05, 4.69) is 17.1 Å². The number of hydrogen-bond donors (Lipinski definition) is 1. The van der Waals surface area contributed by atoms with E-state index >= 15 is 0 Å². The number of halogens is 2. The van der Waals surface area contributed by atoms with E-state index in [9.17, 15) is 4.39 Å². The predicted molar refractivity (Wildman–Crippen MR) is 82.6 cm³/mol. The average Bonchev–Trinajstić information content (AvgIpc) is 2.45. The first-order valence-electron chi connectivity index (χ1n) is 7.56. The Morgan fingerprint density at radius 3 is 3.00 bits per heavy atom. The van der Waals surface area contributed by atoms with Crippen molar-refractivity contribution in [3.8, 4) is 0 Å². The number of benzene rings is 1. The number of hydrogen-bond acceptors (Lipinski definition) is 2. The molecule has 1 aliphatic heterocycles. The molecule has 4 heteroatoms. The molecule has 1 aromatic rings. The van der Waals surface area contributed by atoms with E-state index in [0.717, 1.165) is 32.6 Å². The van der Waals surface area contributed by atoms with E-state index in [1.54, 1.807) is 6.07 Å². The van der Waals surface area contributed by atoms with Gasteiger partial charge in [0.25, 0.3) is 0 Å². The summed E-state index contributed by atoms with van der Waals surface area (Å²) in [5, 5.41) is 3.67. The summed E-state index contributed by atoms with van der Waals surface area (Å²) in [6.07, 6.45) is 3.60. The molecular formula is C16H24ClFN2. The predicted octanol–water partition coefficient (Wildman–Crippen LogP) is 3.69. The standard InChI is InChI=1S/C16H24ClFN2/c1-2-9-20(11-13-5-4-8-19-10-13)12-14-6-3-7-15(17)16(14)18/h3,6-7,13,19H,2,4-5,8-12H2,1H3. The van der Waals surface area contributed by atoms with Gasteiger partial charge in [-0.15, -0.1) is 0 Å². The molecule has 2 nitrogen and oxygen atoms in total. The van der Waals surface area contributed by atoms with Crippen LogP contribution in [-0.4, -0.2) is 31.1 Å². The van der Waals surface area contributed by atoms with Gasteiger partial charge in [0.1, 0.15) is 5.82 Å². The molecule has 1 unspecified atom stereocenters. The van der Waals surface area contributed by atoms with Crippen molar-refractivity contribution in [3.05, 3.63) is 34.6 Å². The van der Waals surface area contributed by atoms with E-state index in [-0.39, 0.29) is 10.8 Å². The number of rotatable bonds is 6. The Morgan fingerprint density at radius 1 is 1.45 bits per heavy atom. The molecule has 0 amide bonds. The van der Waals surface area contributed by atoms with Gasteiger partial charge in [0.15, 0.2) is 0 Å². The van der Waals surface area contributed by atoms with Crippen LogP contribution in [0.1, 0.15) is 31.7 Å². The van der Waals surface area contributed by atoms with Gasteiger partial charge in [-0.25, -0.2) is 4.39 Å². The minimum atomic E-state index is -0.267. The van der Waals surface area contributed by atoms with Crippen molar-refractivity contribution < 1.29 is 4.39 Å². The summed E-state index contributed by atoms with van der Waals surface area (Å²) >= 11 is 5.86. The van der Waals surface area contributed by atoms with Crippen LogP contribution in [0.5, 0.6) is 0 Å². The molecule has 0 spiro atoms. The highest BCUT2D eigenvalue weighted by molar-refractivity contribution is 6.30. The second-order valence-electron chi connectivity index (χ2n) is 5.66. The Hall–Kier alpha value is -0.640. The van der Waals surface area contributed by atoms with Crippen molar-refractivity contribution in [2.24, 2.45) is 5.92 Å². The molecule has 112 valence electrons. The van der Waals surface area contributed by atoms with Crippen molar-refractivity contribution in [3.63, 3.8) is 0 Å². The van der Waals surface area contributed by atoms with Crippen LogP contribution in [0.25, 0.3) is 0 Å². The molecule has 0 bridgehead atoms. The van der Waals surface area contributed by atoms with Crippen molar-refractivity contribution in [1.29, 1.82) is 0 Å². The molecule has 1 heterocycles. The molecule has 0 aliphatic carbocycles. The van der Waals surface area contributed by atoms with E-state index in [1.165, 1.54) is 12.8 Å². The SMILES string of the molecule is CCCN(Cc1cccc(Cl)c1F)CC1CCCNC1. The molecule has 1 atom stereocenters. The molecule has 2 rings (SSSR count). The Balaban J connectivity index is 1.98. The van der Waals surface area contributed by atoms with Gasteiger partial charge >= 0.3 is 0 Å². The van der Waals surface area contributed by atoms with Gasteiger partial charge in [-0.2, -0.15) is 0 Å². The molecule has 1 aromatic carbocycles. The maximum Gasteiger partial charge on any atom is 0.146 e. The first-order valence-corrected chi connectivity index (χ1v) is 7.94. The van der Waals surface area contributed by atoms with Crippen LogP contribution in [0.3, 0.4) is 0 Å². The lowest BCUT2D eigenvalue weighted by Crippen LogP contribution is -2.38. The smallest absolute Gasteiger partial charge is 0.146 e. The average molecular weight is 299 g/mol. The normalized spacial score (nSPS) is 19.5. The van der Waals surface area contributed by atoms with Crippen LogP contribution in [0.2, 0.25) is 5.02 Å². The third kappa shape index (κ3) is 4.44. The lowest BCUT2D eigenvalue weighted by molar-refractivity contribution is 0.199. The van der Waals surface area contributed by atoms with Crippen LogP contribution < -0.4 is 5.32 Å². The Morgan fingerprint density at radius 2 is 2.30 bits per heavy atom. The van der Waals surface area contributed by atoms with Crippen molar-refractivity contribution in [2.75, 3.05) is 26.2 Å². The maximum absolute atomic E-state index is 14.0. The summed E-state index contributed by atoms with van der Waals surface area (Å²) in [5.74, 6) is 0.412. The summed E-state index contributed by atoms with van der Waals surface area (Å²) < 4.78 is 14.0. The molecule has 0 aromatic heterocycles. The first kappa shape index (κ1) is 15.7. The summed E-state index contributed by atoms with van der Waals surface area (Å²) in [7, 11) is 0. The second kappa shape index (κ2) is 7.96. The monoisotopic (exact) mass is 298 g/mol. The molecule has 1 saturated heterocycles. The molecule has 0 radical (unpaired) electrons. The summed E-state index contributed by atoms with van der Waals surface area (Å²) in [4.78, 5) is 2.35. The third-order valence-electron chi connectivity index (χ3n) is 3.88. The maximum atomic E-state index is 14.0. The minimum Gasteiger partial charge on any atom is -0.316 e. The third-order valence-corrected chi connectivity index (χ3v) is 4.17. The second-order valence-corrected chi connectivity index (χ2v) is 6.07. The summed E-state index contributed by atoms with van der Waals surface area (Å²) in [5.41, 5.74) is 0.703. The van der Waals surface area contributed by atoms with Gasteiger partial charge < -0.3 is 5.32 Å². The van der Waals surface area contributed by atoms with Crippen molar-refractivity contribution in [2.45, 2.75) is 32.7 Å². The highest BCUT2D eigenvalue weighted by atomic mass is 35.5. The fourth-order valence-corrected chi connectivity index (χ4v) is 3.10. The fourth-order valence-electron chi connectivity index (χ4n) is 2.91. The molecule has 1 aliphatic rings. The zero-order chi connectivity index (χ0) is 14.4. The first-order chi connectivity index (χ1) is 9.70. The minimum absolute atomic E-state index is 0.221. The number of piperidine rings is 1. The summed E-state index contributed by atoms with van der Waals surface area (Å²) in [6.45, 7) is 7.07. The van der Waals surface area contributed by atoms with Gasteiger partial charge in [-0.05, 0) is 50.9 Å². The van der Waals surface area contributed by atoms with Crippen LogP contribution in [0.15, 0.2) is 18.2 Å². The van der Waals surface area contributed by atoms with Gasteiger partial charge in [-0.1, -0.05) is 30.7 Å². The molecule has 1 N–H and O–H groups in total. The largest absolute Gasteiger partial charge is 0.316 e. The van der Waals surface area contributed by atoms with E-state index in [1.807, 2.05) is 12.1 Å². The zero-order valence-corrected chi connectivity index (χ0v) is 12.9. The van der Waals surface area contributed by atoms with Gasteiger partial charge in [0.2, 0.25) is 0 Å². The van der Waals surface area contributed by atoms with Gasteiger partial charge in [-0.3, -0.25) is 4.90 Å². The Kier molecular flexibility index (Phi) is 6.27. The lowest BCUT2D eigenvalue weighted by atomic mass is 9.98.